The first-order valence-corrected chi connectivity index (χ1v) is 6.39. The summed E-state index contributed by atoms with van der Waals surface area (Å²) in [6, 6.07) is 11.4. The third-order valence-electron chi connectivity index (χ3n) is 3.23. The van der Waals surface area contributed by atoms with Gasteiger partial charge in [0.15, 0.2) is 0 Å². The quantitative estimate of drug-likeness (QED) is 0.774. The summed E-state index contributed by atoms with van der Waals surface area (Å²) in [7, 11) is 0. The molecular formula is C16H10F2N2O2. The molecule has 0 atom stereocenters. The van der Waals surface area contributed by atoms with Gasteiger partial charge in [-0.1, -0.05) is 18.2 Å². The Morgan fingerprint density at radius 1 is 1.00 bits per heavy atom. The number of aromatic amines is 1. The zero-order chi connectivity index (χ0) is 15.7. The average molecular weight is 300 g/mol. The van der Waals surface area contributed by atoms with Crippen LogP contribution in [0.2, 0.25) is 0 Å². The highest BCUT2D eigenvalue weighted by atomic mass is 19.1. The number of aromatic nitrogens is 2. The fraction of sp³-hybridized carbons (Fsp3) is 0. The van der Waals surface area contributed by atoms with Crippen LogP contribution >= 0.6 is 0 Å². The van der Waals surface area contributed by atoms with Gasteiger partial charge in [0.05, 0.1) is 5.69 Å². The first kappa shape index (κ1) is 13.9. The van der Waals surface area contributed by atoms with Crippen LogP contribution in [0.3, 0.4) is 0 Å². The van der Waals surface area contributed by atoms with E-state index in [-0.39, 0.29) is 22.8 Å². The van der Waals surface area contributed by atoms with Gasteiger partial charge in [-0.3, -0.25) is 5.10 Å². The van der Waals surface area contributed by atoms with Gasteiger partial charge in [-0.25, -0.2) is 13.6 Å². The Hall–Kier alpha value is -3.02. The maximum absolute atomic E-state index is 14.0. The summed E-state index contributed by atoms with van der Waals surface area (Å²) < 4.78 is 26.9. The Labute approximate surface area is 124 Å². The van der Waals surface area contributed by atoms with E-state index in [4.69, 9.17) is 5.11 Å². The molecule has 0 unspecified atom stereocenters. The monoisotopic (exact) mass is 300 g/mol. The number of aromatic carboxylic acids is 1. The van der Waals surface area contributed by atoms with Crippen molar-refractivity contribution in [3.05, 3.63) is 65.9 Å². The first-order valence-electron chi connectivity index (χ1n) is 6.39. The lowest BCUT2D eigenvalue weighted by molar-refractivity contribution is 0.0690. The van der Waals surface area contributed by atoms with Crippen LogP contribution in [0.4, 0.5) is 8.78 Å². The van der Waals surface area contributed by atoms with Gasteiger partial charge in [0, 0.05) is 5.56 Å². The van der Waals surface area contributed by atoms with Crippen LogP contribution < -0.4 is 0 Å². The Bertz CT molecular complexity index is 842. The van der Waals surface area contributed by atoms with Crippen LogP contribution in [-0.2, 0) is 0 Å². The van der Waals surface area contributed by atoms with Crippen LogP contribution in [0.25, 0.3) is 22.4 Å². The van der Waals surface area contributed by atoms with Crippen molar-refractivity contribution in [3.63, 3.8) is 0 Å². The minimum absolute atomic E-state index is 0.124. The van der Waals surface area contributed by atoms with Gasteiger partial charge < -0.3 is 5.11 Å². The van der Waals surface area contributed by atoms with Gasteiger partial charge >= 0.3 is 5.97 Å². The second kappa shape index (κ2) is 5.40. The number of H-pyrrole nitrogens is 1. The van der Waals surface area contributed by atoms with Crippen molar-refractivity contribution < 1.29 is 18.7 Å². The normalized spacial score (nSPS) is 10.6. The van der Waals surface area contributed by atoms with Crippen molar-refractivity contribution in [1.82, 2.24) is 10.2 Å². The smallest absolute Gasteiger partial charge is 0.353 e. The molecule has 110 valence electrons. The molecule has 1 aromatic heterocycles. The van der Waals surface area contributed by atoms with E-state index in [1.54, 1.807) is 24.3 Å². The summed E-state index contributed by atoms with van der Waals surface area (Å²) in [5, 5.41) is 15.0. The van der Waals surface area contributed by atoms with Crippen LogP contribution in [-0.4, -0.2) is 21.3 Å². The molecular weight excluding hydrogens is 290 g/mol. The number of carboxylic acids is 1. The maximum Gasteiger partial charge on any atom is 0.353 e. The highest BCUT2D eigenvalue weighted by molar-refractivity contribution is 5.87. The van der Waals surface area contributed by atoms with E-state index >= 15 is 0 Å². The summed E-state index contributed by atoms with van der Waals surface area (Å²) in [5.41, 5.74) is 1.64. The van der Waals surface area contributed by atoms with E-state index in [1.165, 1.54) is 24.3 Å². The van der Waals surface area contributed by atoms with Gasteiger partial charge in [0.2, 0.25) is 0 Å². The Kier molecular flexibility index (Phi) is 3.42. The van der Waals surface area contributed by atoms with Crippen molar-refractivity contribution in [2.24, 2.45) is 0 Å². The van der Waals surface area contributed by atoms with Crippen LogP contribution in [0.1, 0.15) is 10.5 Å². The van der Waals surface area contributed by atoms with Gasteiger partial charge in [-0.15, -0.1) is 0 Å². The molecule has 2 aromatic carbocycles. The highest BCUT2D eigenvalue weighted by Gasteiger charge is 2.13. The Morgan fingerprint density at radius 3 is 2.32 bits per heavy atom. The van der Waals surface area contributed by atoms with E-state index < -0.39 is 11.8 Å². The fourth-order valence-corrected chi connectivity index (χ4v) is 2.11. The second-order valence-corrected chi connectivity index (χ2v) is 4.67. The molecule has 1 heterocycles. The first-order chi connectivity index (χ1) is 10.5. The molecule has 3 aromatic rings. The average Bonchev–Trinajstić information content (AvgIpc) is 2.99. The molecule has 0 aliphatic carbocycles. The SMILES string of the molecule is O=C(O)c1cc(-c2cc(-c3ccc(F)cc3)ccc2F)n[nH]1. The van der Waals surface area contributed by atoms with Crippen molar-refractivity contribution in [2.75, 3.05) is 0 Å². The van der Waals surface area contributed by atoms with Gasteiger partial charge in [0.1, 0.15) is 17.3 Å². The highest BCUT2D eigenvalue weighted by Crippen LogP contribution is 2.28. The minimum Gasteiger partial charge on any atom is -0.477 e. The van der Waals surface area contributed by atoms with Crippen molar-refractivity contribution in [3.8, 4) is 22.4 Å². The van der Waals surface area contributed by atoms with Gasteiger partial charge in [-0.05, 0) is 41.5 Å². The van der Waals surface area contributed by atoms with E-state index in [9.17, 15) is 13.6 Å². The lowest BCUT2D eigenvalue weighted by Gasteiger charge is -2.05. The number of nitrogens with one attached hydrogen (secondary N) is 1. The van der Waals surface area contributed by atoms with E-state index in [2.05, 4.69) is 10.2 Å². The molecule has 0 saturated carbocycles. The predicted molar refractivity (Wildman–Crippen MR) is 76.3 cm³/mol. The molecule has 0 bridgehead atoms. The van der Waals surface area contributed by atoms with Crippen LogP contribution in [0.15, 0.2) is 48.5 Å². The third-order valence-corrected chi connectivity index (χ3v) is 3.23. The second-order valence-electron chi connectivity index (χ2n) is 4.67. The summed E-state index contributed by atoms with van der Waals surface area (Å²) in [5.74, 6) is -2.05. The van der Waals surface area contributed by atoms with Crippen LogP contribution in [0.5, 0.6) is 0 Å². The van der Waals surface area contributed by atoms with Crippen molar-refractivity contribution in [1.29, 1.82) is 0 Å². The minimum atomic E-state index is -1.17. The van der Waals surface area contributed by atoms with Crippen LogP contribution in [0, 0.1) is 11.6 Å². The van der Waals surface area contributed by atoms with Gasteiger partial charge in [0.25, 0.3) is 0 Å². The van der Waals surface area contributed by atoms with Gasteiger partial charge in [-0.2, -0.15) is 5.10 Å². The molecule has 6 heteroatoms. The molecule has 0 saturated heterocycles. The number of nitrogens with zero attached hydrogens (tertiary/aromatic N) is 1. The van der Waals surface area contributed by atoms with E-state index in [1.807, 2.05) is 0 Å². The maximum atomic E-state index is 14.0. The molecule has 0 aliphatic heterocycles. The van der Waals surface area contributed by atoms with Crippen molar-refractivity contribution >= 4 is 5.97 Å². The largest absolute Gasteiger partial charge is 0.477 e. The number of hydrogen-bond donors (Lipinski definition) is 2. The molecule has 0 fully saturated rings. The summed E-state index contributed by atoms with van der Waals surface area (Å²) in [6.45, 7) is 0. The molecule has 0 aliphatic rings. The number of halogens is 2. The lowest BCUT2D eigenvalue weighted by Crippen LogP contribution is -1.95. The summed E-state index contributed by atoms with van der Waals surface area (Å²) in [4.78, 5) is 10.9. The van der Waals surface area contributed by atoms with E-state index in [0.717, 1.165) is 5.56 Å². The molecule has 2 N–H and O–H groups in total. The fourth-order valence-electron chi connectivity index (χ4n) is 2.11. The Balaban J connectivity index is 2.06. The number of carboxylic acid groups (broad SMARTS) is 1. The van der Waals surface area contributed by atoms with Crippen molar-refractivity contribution in [2.45, 2.75) is 0 Å². The number of carbonyl (C=O) groups is 1. The molecule has 0 amide bonds. The zero-order valence-corrected chi connectivity index (χ0v) is 11.2. The standard InChI is InChI=1S/C16H10F2N2O2/c17-11-4-1-9(2-5-11)10-3-6-13(18)12(7-10)14-8-15(16(21)22)20-19-14/h1-8H,(H,19,20)(H,21,22). The number of rotatable bonds is 3. The number of benzene rings is 2. The molecule has 0 spiro atoms. The third kappa shape index (κ3) is 2.58. The topological polar surface area (TPSA) is 66.0 Å². The summed E-state index contributed by atoms with van der Waals surface area (Å²) >= 11 is 0. The molecule has 4 nitrogen and oxygen atoms in total. The molecule has 3 rings (SSSR count). The number of hydrogen-bond acceptors (Lipinski definition) is 2. The predicted octanol–water partition coefficient (Wildman–Crippen LogP) is 3.72. The summed E-state index contributed by atoms with van der Waals surface area (Å²) in [6.07, 6.45) is 0. The molecule has 22 heavy (non-hydrogen) atoms. The molecule has 0 radical (unpaired) electrons. The Morgan fingerprint density at radius 2 is 1.68 bits per heavy atom. The lowest BCUT2D eigenvalue weighted by atomic mass is 10.0. The zero-order valence-electron chi connectivity index (χ0n) is 11.2. The van der Waals surface area contributed by atoms with E-state index in [0.29, 0.717) is 5.56 Å².